The number of aromatic nitrogens is 3. The smallest absolute Gasteiger partial charge is 0.0708 e. The minimum absolute atomic E-state index is 0.903. The zero-order valence-electron chi connectivity index (χ0n) is 32.4. The molecule has 9 rings (SSSR count). The molecule has 0 aliphatic rings. The molecule has 3 aromatic heterocycles. The van der Waals surface area contributed by atoms with Crippen LogP contribution in [0.4, 0.5) is 0 Å². The fraction of sp³-hybridized carbons (Fsp3) is 0.0727. The maximum atomic E-state index is 5.05. The lowest BCUT2D eigenvalue weighted by atomic mass is 9.88. The van der Waals surface area contributed by atoms with Gasteiger partial charge in [-0.15, -0.1) is 0 Å². The molecule has 0 fully saturated rings. The topological polar surface area (TPSA) is 38.7 Å². The summed E-state index contributed by atoms with van der Waals surface area (Å²) in [6, 6.07) is 68.8. The molecule has 6 aromatic carbocycles. The summed E-state index contributed by atoms with van der Waals surface area (Å²) in [6.45, 7) is 0. The first kappa shape index (κ1) is 36.4. The summed E-state index contributed by atoms with van der Waals surface area (Å²) in [7, 11) is 0. The predicted molar refractivity (Wildman–Crippen MR) is 240 cm³/mol. The molecule has 0 amide bonds. The molecule has 3 heterocycles. The van der Waals surface area contributed by atoms with Crippen LogP contribution in [-0.4, -0.2) is 15.0 Å². The third kappa shape index (κ3) is 8.45. The molecule has 278 valence electrons. The van der Waals surface area contributed by atoms with Crippen molar-refractivity contribution >= 4 is 0 Å². The second kappa shape index (κ2) is 17.3. The Morgan fingerprint density at radius 1 is 0.241 bits per heavy atom. The van der Waals surface area contributed by atoms with Gasteiger partial charge >= 0.3 is 0 Å². The van der Waals surface area contributed by atoms with Gasteiger partial charge in [0.05, 0.1) is 17.1 Å². The number of benzene rings is 6. The van der Waals surface area contributed by atoms with Gasteiger partial charge in [-0.2, -0.15) is 0 Å². The van der Waals surface area contributed by atoms with Crippen molar-refractivity contribution in [3.8, 4) is 67.2 Å². The molecule has 3 heteroatoms. The molecule has 0 unspecified atom stereocenters. The summed E-state index contributed by atoms with van der Waals surface area (Å²) < 4.78 is 0. The van der Waals surface area contributed by atoms with E-state index < -0.39 is 0 Å². The van der Waals surface area contributed by atoms with Crippen LogP contribution in [0.2, 0.25) is 0 Å². The normalized spacial score (nSPS) is 11.0. The summed E-state index contributed by atoms with van der Waals surface area (Å²) in [6.07, 6.45) is 9.75. The molecular weight excluding hydrogens is 703 g/mol. The third-order valence-electron chi connectivity index (χ3n) is 10.8. The monoisotopic (exact) mass is 745 g/mol. The number of hydrogen-bond donors (Lipinski definition) is 0. The van der Waals surface area contributed by atoms with Crippen molar-refractivity contribution in [1.29, 1.82) is 0 Å². The molecule has 0 saturated heterocycles. The maximum absolute atomic E-state index is 5.05. The van der Waals surface area contributed by atoms with Crippen molar-refractivity contribution in [3.63, 3.8) is 0 Å². The highest BCUT2D eigenvalue weighted by Crippen LogP contribution is 2.40. The minimum atomic E-state index is 0.903. The lowest BCUT2D eigenvalue weighted by Crippen LogP contribution is -1.99. The average Bonchev–Trinajstić information content (AvgIpc) is 3.31. The van der Waals surface area contributed by atoms with E-state index in [1.807, 2.05) is 30.6 Å². The molecule has 0 saturated carbocycles. The number of pyridine rings is 3. The van der Waals surface area contributed by atoms with Gasteiger partial charge in [-0.25, -0.2) is 0 Å². The van der Waals surface area contributed by atoms with Crippen molar-refractivity contribution in [2.24, 2.45) is 0 Å². The minimum Gasteiger partial charge on any atom is -0.256 e. The van der Waals surface area contributed by atoms with Gasteiger partial charge in [0.2, 0.25) is 0 Å². The molecule has 3 nitrogen and oxygen atoms in total. The van der Waals surface area contributed by atoms with Crippen LogP contribution in [-0.2, 0) is 25.7 Å². The summed E-state index contributed by atoms with van der Waals surface area (Å²) in [5.41, 5.74) is 18.4. The van der Waals surface area contributed by atoms with E-state index in [2.05, 4.69) is 182 Å². The summed E-state index contributed by atoms with van der Waals surface area (Å²) in [4.78, 5) is 14.7. The van der Waals surface area contributed by atoms with Crippen molar-refractivity contribution in [2.75, 3.05) is 0 Å². The summed E-state index contributed by atoms with van der Waals surface area (Å²) in [5, 5.41) is 0. The Labute approximate surface area is 341 Å². The van der Waals surface area contributed by atoms with Gasteiger partial charge in [0.25, 0.3) is 0 Å². The highest BCUT2D eigenvalue weighted by atomic mass is 14.7. The van der Waals surface area contributed by atoms with Gasteiger partial charge < -0.3 is 0 Å². The molecule has 0 N–H and O–H groups in total. The zero-order valence-corrected chi connectivity index (χ0v) is 32.4. The zero-order chi connectivity index (χ0) is 38.9. The van der Waals surface area contributed by atoms with Gasteiger partial charge in [-0.05, 0) is 94.0 Å². The first-order chi connectivity index (χ1) is 28.7. The van der Waals surface area contributed by atoms with Gasteiger partial charge in [-0.1, -0.05) is 176 Å². The van der Waals surface area contributed by atoms with Crippen LogP contribution in [0.3, 0.4) is 0 Å². The van der Waals surface area contributed by atoms with E-state index >= 15 is 0 Å². The Morgan fingerprint density at radius 3 is 1.14 bits per heavy atom. The van der Waals surface area contributed by atoms with Gasteiger partial charge in [0, 0.05) is 40.8 Å². The maximum Gasteiger partial charge on any atom is 0.0708 e. The van der Waals surface area contributed by atoms with Crippen molar-refractivity contribution in [1.82, 2.24) is 15.0 Å². The van der Waals surface area contributed by atoms with Gasteiger partial charge in [0.1, 0.15) is 0 Å². The largest absolute Gasteiger partial charge is 0.256 e. The molecular formula is C55H43N3. The average molecular weight is 746 g/mol. The molecule has 58 heavy (non-hydrogen) atoms. The second-order valence-corrected chi connectivity index (χ2v) is 14.8. The van der Waals surface area contributed by atoms with Crippen LogP contribution in [0.25, 0.3) is 67.2 Å². The van der Waals surface area contributed by atoms with E-state index in [0.717, 1.165) is 76.1 Å². The molecule has 0 aliphatic heterocycles. The lowest BCUT2D eigenvalue weighted by Gasteiger charge is -2.17. The molecule has 0 spiro atoms. The highest BCUT2D eigenvalue weighted by Gasteiger charge is 2.16. The van der Waals surface area contributed by atoms with Gasteiger partial charge in [-0.3, -0.25) is 15.0 Å². The van der Waals surface area contributed by atoms with E-state index in [0.29, 0.717) is 0 Å². The molecule has 0 radical (unpaired) electrons. The number of aryl methyl sites for hydroxylation is 4. The van der Waals surface area contributed by atoms with E-state index in [1.54, 1.807) is 0 Å². The quantitative estimate of drug-likeness (QED) is 0.125. The van der Waals surface area contributed by atoms with Crippen LogP contribution >= 0.6 is 0 Å². The Balaban J connectivity index is 1.06. The summed E-state index contributed by atoms with van der Waals surface area (Å²) in [5.74, 6) is 0. The fourth-order valence-corrected chi connectivity index (χ4v) is 7.75. The number of hydrogen-bond acceptors (Lipinski definition) is 3. The lowest BCUT2D eigenvalue weighted by molar-refractivity contribution is 0.923. The molecule has 9 aromatic rings. The first-order valence-corrected chi connectivity index (χ1v) is 20.1. The van der Waals surface area contributed by atoms with Crippen LogP contribution in [0, 0.1) is 0 Å². The van der Waals surface area contributed by atoms with E-state index in [4.69, 9.17) is 15.0 Å². The molecule has 0 atom stereocenters. The van der Waals surface area contributed by atoms with Crippen LogP contribution < -0.4 is 0 Å². The Morgan fingerprint density at radius 2 is 0.655 bits per heavy atom. The predicted octanol–water partition coefficient (Wildman–Crippen LogP) is 13.4. The number of nitrogens with zero attached hydrogens (tertiary/aromatic N) is 3. The Bertz CT molecular complexity index is 2620. The molecule has 0 aliphatic carbocycles. The SMILES string of the molecule is c1ccc(-c2ccc(CCc3cc(CCc4ccc(-c5ccccc5)nc4)cc(-c4ccccc4-c4cnc(-c5ccccc5)cc4-c4ccccc4)c3)cn2)cc1. The third-order valence-corrected chi connectivity index (χ3v) is 10.8. The van der Waals surface area contributed by atoms with Crippen LogP contribution in [0.5, 0.6) is 0 Å². The number of rotatable bonds is 12. The first-order valence-electron chi connectivity index (χ1n) is 20.1. The van der Waals surface area contributed by atoms with Crippen molar-refractivity contribution in [2.45, 2.75) is 25.7 Å². The molecule has 0 bridgehead atoms. The van der Waals surface area contributed by atoms with Crippen LogP contribution in [0.15, 0.2) is 213 Å². The van der Waals surface area contributed by atoms with E-state index in [9.17, 15) is 0 Å². The highest BCUT2D eigenvalue weighted by molar-refractivity contribution is 5.92. The van der Waals surface area contributed by atoms with E-state index in [-0.39, 0.29) is 0 Å². The second-order valence-electron chi connectivity index (χ2n) is 14.8. The van der Waals surface area contributed by atoms with Crippen molar-refractivity contribution in [3.05, 3.63) is 235 Å². The Hall–Kier alpha value is -7.23. The van der Waals surface area contributed by atoms with Crippen LogP contribution in [0.1, 0.15) is 22.3 Å². The Kier molecular flexibility index (Phi) is 10.8. The fourth-order valence-electron chi connectivity index (χ4n) is 7.75. The van der Waals surface area contributed by atoms with Gasteiger partial charge in [0.15, 0.2) is 0 Å². The van der Waals surface area contributed by atoms with E-state index in [1.165, 1.54) is 38.9 Å². The summed E-state index contributed by atoms with van der Waals surface area (Å²) >= 11 is 0. The van der Waals surface area contributed by atoms with Crippen molar-refractivity contribution < 1.29 is 0 Å². The standard InChI is InChI=1S/C55H43N3/c1-5-15-44(16-6-1)51-36-55(47-21-11-4-12-22-47)58-39-52(51)50-24-14-13-23-49(50)48-34-42(27-25-40-29-31-53(56-37-40)45-17-7-2-8-18-45)33-43(35-48)28-26-41-30-32-54(57-38-41)46-19-9-3-10-20-46/h1-24,29-39H,25-28H2.